The van der Waals surface area contributed by atoms with Gasteiger partial charge >= 0.3 is 0 Å². The average Bonchev–Trinajstić information content (AvgIpc) is 2.65. The number of para-hydroxylation sites is 1. The number of nitrogens with one attached hydrogen (secondary N) is 1. The Hall–Kier alpha value is -1.55. The molecule has 3 rings (SSSR count). The maximum absolute atomic E-state index is 11.6. The van der Waals surface area contributed by atoms with E-state index in [1.165, 1.54) is 5.56 Å². The van der Waals surface area contributed by atoms with Crippen LogP contribution in [-0.2, 0) is 4.79 Å². The van der Waals surface area contributed by atoms with Crippen molar-refractivity contribution in [2.24, 2.45) is 0 Å². The molecule has 2 aliphatic rings. The van der Waals surface area contributed by atoms with Crippen molar-refractivity contribution in [2.45, 2.75) is 44.4 Å². The van der Waals surface area contributed by atoms with Crippen molar-refractivity contribution in [3.05, 3.63) is 29.8 Å². The van der Waals surface area contributed by atoms with Crippen LogP contribution in [0.1, 0.15) is 38.3 Å². The zero-order valence-electron chi connectivity index (χ0n) is 12.3. The number of carbonyl (C=O) groups is 1. The van der Waals surface area contributed by atoms with Gasteiger partial charge in [-0.25, -0.2) is 0 Å². The highest BCUT2D eigenvalue weighted by molar-refractivity contribution is 5.76. The fraction of sp³-hybridized carbons (Fsp3) is 0.562. The van der Waals surface area contributed by atoms with E-state index >= 15 is 0 Å². The minimum atomic E-state index is -0.260. The minimum absolute atomic E-state index is 0.172. The molecule has 1 saturated heterocycles. The van der Waals surface area contributed by atoms with Crippen molar-refractivity contribution >= 4 is 5.91 Å². The summed E-state index contributed by atoms with van der Waals surface area (Å²) in [6, 6.07) is 8.70. The summed E-state index contributed by atoms with van der Waals surface area (Å²) in [6.07, 6.45) is 1.53. The van der Waals surface area contributed by atoms with E-state index in [1.807, 2.05) is 24.1 Å². The van der Waals surface area contributed by atoms with Crippen LogP contribution in [0.5, 0.6) is 5.75 Å². The lowest BCUT2D eigenvalue weighted by atomic mass is 9.92. The van der Waals surface area contributed by atoms with Gasteiger partial charge in [-0.3, -0.25) is 4.79 Å². The number of likely N-dealkylation sites (tertiary alicyclic amines) is 1. The minimum Gasteiger partial charge on any atom is -0.486 e. The topological polar surface area (TPSA) is 41.6 Å². The number of hydrogen-bond acceptors (Lipinski definition) is 3. The monoisotopic (exact) mass is 274 g/mol. The van der Waals surface area contributed by atoms with Crippen LogP contribution in [0, 0.1) is 0 Å². The highest BCUT2D eigenvalue weighted by atomic mass is 16.5. The maximum Gasteiger partial charge on any atom is 0.222 e. The summed E-state index contributed by atoms with van der Waals surface area (Å²) in [5.74, 6) is 1.21. The normalized spacial score (nSPS) is 28.1. The summed E-state index contributed by atoms with van der Waals surface area (Å²) < 4.78 is 6.05. The van der Waals surface area contributed by atoms with Crippen molar-refractivity contribution in [3.8, 4) is 5.75 Å². The van der Waals surface area contributed by atoms with Crippen LogP contribution in [0.15, 0.2) is 24.3 Å². The number of piperidine rings is 1. The number of amides is 1. The molecule has 1 fully saturated rings. The number of ether oxygens (including phenoxy) is 1. The predicted octanol–water partition coefficient (Wildman–Crippen LogP) is 2.11. The predicted molar refractivity (Wildman–Crippen MR) is 77.7 cm³/mol. The molecule has 0 radical (unpaired) electrons. The Bertz CT molecular complexity index is 527. The molecular weight excluding hydrogens is 252 g/mol. The number of fused-ring (bicyclic) bond motifs is 1. The molecule has 0 aromatic heterocycles. The third-order valence-electron chi connectivity index (χ3n) is 4.33. The van der Waals surface area contributed by atoms with E-state index < -0.39 is 0 Å². The van der Waals surface area contributed by atoms with E-state index in [4.69, 9.17) is 4.74 Å². The zero-order chi connectivity index (χ0) is 14.3. The molecule has 1 amide bonds. The second-order valence-electron chi connectivity index (χ2n) is 6.35. The smallest absolute Gasteiger partial charge is 0.222 e. The Labute approximate surface area is 120 Å². The molecule has 0 spiro atoms. The first-order chi connectivity index (χ1) is 9.47. The van der Waals surface area contributed by atoms with Crippen LogP contribution in [0.25, 0.3) is 0 Å². The molecule has 20 heavy (non-hydrogen) atoms. The van der Waals surface area contributed by atoms with Gasteiger partial charge in [0.05, 0.1) is 6.04 Å². The van der Waals surface area contributed by atoms with Crippen molar-refractivity contribution in [1.29, 1.82) is 0 Å². The molecule has 4 heteroatoms. The highest BCUT2D eigenvalue weighted by Crippen LogP contribution is 2.43. The largest absolute Gasteiger partial charge is 0.486 e. The standard InChI is InChI=1S/C16H22N2O2/c1-16(2)15(12-6-4-5-7-13(12)20-16)17-11-8-9-14(19)18(3)10-11/h4-7,11,15,17H,8-10H2,1-3H3. The van der Waals surface area contributed by atoms with E-state index in [1.54, 1.807) is 0 Å². The molecule has 0 saturated carbocycles. The lowest BCUT2D eigenvalue weighted by Crippen LogP contribution is -2.51. The molecular formula is C16H22N2O2. The number of hydrogen-bond donors (Lipinski definition) is 1. The van der Waals surface area contributed by atoms with Crippen molar-refractivity contribution in [3.63, 3.8) is 0 Å². The summed E-state index contributed by atoms with van der Waals surface area (Å²) in [6.45, 7) is 5.00. The number of likely N-dealkylation sites (N-methyl/N-ethyl adjacent to an activating group) is 1. The van der Waals surface area contributed by atoms with E-state index in [-0.39, 0.29) is 17.6 Å². The van der Waals surface area contributed by atoms with Gasteiger partial charge in [-0.2, -0.15) is 0 Å². The molecule has 2 aliphatic heterocycles. The van der Waals surface area contributed by atoms with E-state index in [9.17, 15) is 4.79 Å². The highest BCUT2D eigenvalue weighted by Gasteiger charge is 2.42. The molecule has 108 valence electrons. The van der Waals surface area contributed by atoms with Crippen LogP contribution < -0.4 is 10.1 Å². The van der Waals surface area contributed by atoms with E-state index in [0.717, 1.165) is 18.7 Å². The fourth-order valence-corrected chi connectivity index (χ4v) is 3.20. The summed E-state index contributed by atoms with van der Waals surface area (Å²) in [4.78, 5) is 13.4. The van der Waals surface area contributed by atoms with Gasteiger partial charge in [-0.15, -0.1) is 0 Å². The van der Waals surface area contributed by atoms with Crippen molar-refractivity contribution < 1.29 is 9.53 Å². The van der Waals surface area contributed by atoms with Crippen molar-refractivity contribution in [2.75, 3.05) is 13.6 Å². The molecule has 1 N–H and O–H groups in total. The first kappa shape index (κ1) is 13.4. The maximum atomic E-state index is 11.6. The summed E-state index contributed by atoms with van der Waals surface area (Å²) in [5.41, 5.74) is 0.959. The van der Waals surface area contributed by atoms with Gasteiger partial charge in [0.1, 0.15) is 11.4 Å². The van der Waals surface area contributed by atoms with E-state index in [2.05, 4.69) is 31.3 Å². The Morgan fingerprint density at radius 1 is 1.35 bits per heavy atom. The Morgan fingerprint density at radius 2 is 2.10 bits per heavy atom. The average molecular weight is 274 g/mol. The molecule has 2 heterocycles. The van der Waals surface area contributed by atoms with E-state index in [0.29, 0.717) is 12.5 Å². The third kappa shape index (κ3) is 2.29. The molecule has 1 aromatic carbocycles. The number of benzene rings is 1. The zero-order valence-corrected chi connectivity index (χ0v) is 12.3. The molecule has 0 aliphatic carbocycles. The quantitative estimate of drug-likeness (QED) is 0.898. The lowest BCUT2D eigenvalue weighted by molar-refractivity contribution is -0.132. The number of nitrogens with zero attached hydrogens (tertiary/aromatic N) is 1. The molecule has 4 nitrogen and oxygen atoms in total. The Kier molecular flexibility index (Phi) is 3.21. The first-order valence-electron chi connectivity index (χ1n) is 7.25. The Balaban J connectivity index is 1.78. The van der Waals surface area contributed by atoms with Gasteiger partial charge in [0.2, 0.25) is 5.91 Å². The molecule has 1 aromatic rings. The van der Waals surface area contributed by atoms with Gasteiger partial charge in [-0.1, -0.05) is 18.2 Å². The third-order valence-corrected chi connectivity index (χ3v) is 4.33. The van der Waals surface area contributed by atoms with Gasteiger partial charge < -0.3 is 15.0 Å². The van der Waals surface area contributed by atoms with Gasteiger partial charge in [-0.05, 0) is 26.3 Å². The SMILES string of the molecule is CN1CC(NC2c3ccccc3OC2(C)C)CCC1=O. The van der Waals surface area contributed by atoms with Gasteiger partial charge in [0, 0.05) is 31.6 Å². The van der Waals surface area contributed by atoms with Gasteiger partial charge in [0.25, 0.3) is 0 Å². The fourth-order valence-electron chi connectivity index (χ4n) is 3.20. The molecule has 2 unspecified atom stereocenters. The van der Waals surface area contributed by atoms with Crippen LogP contribution in [0.4, 0.5) is 0 Å². The number of carbonyl (C=O) groups excluding carboxylic acids is 1. The van der Waals surface area contributed by atoms with Crippen LogP contribution in [-0.4, -0.2) is 36.0 Å². The second-order valence-corrected chi connectivity index (χ2v) is 6.35. The molecule has 0 bridgehead atoms. The van der Waals surface area contributed by atoms with Crippen LogP contribution in [0.3, 0.4) is 0 Å². The van der Waals surface area contributed by atoms with Crippen molar-refractivity contribution in [1.82, 2.24) is 10.2 Å². The van der Waals surface area contributed by atoms with Gasteiger partial charge in [0.15, 0.2) is 0 Å². The second kappa shape index (κ2) is 4.77. The summed E-state index contributed by atoms with van der Waals surface area (Å²) >= 11 is 0. The first-order valence-corrected chi connectivity index (χ1v) is 7.25. The van der Waals surface area contributed by atoms with Crippen LogP contribution >= 0.6 is 0 Å². The molecule has 2 atom stereocenters. The summed E-state index contributed by atoms with van der Waals surface area (Å²) in [7, 11) is 1.88. The lowest BCUT2D eigenvalue weighted by Gasteiger charge is -2.35. The summed E-state index contributed by atoms with van der Waals surface area (Å²) in [5, 5.41) is 3.70. The Morgan fingerprint density at radius 3 is 2.85 bits per heavy atom. The number of rotatable bonds is 2. The van der Waals surface area contributed by atoms with Crippen LogP contribution in [0.2, 0.25) is 0 Å².